The van der Waals surface area contributed by atoms with E-state index in [0.717, 1.165) is 12.5 Å². The smallest absolute Gasteiger partial charge is 0.0686 e. The van der Waals surface area contributed by atoms with Crippen LogP contribution in [0.15, 0.2) is 0 Å². The quantitative estimate of drug-likeness (QED) is 0.636. The highest BCUT2D eigenvalue weighted by Crippen LogP contribution is 2.54. The van der Waals surface area contributed by atoms with E-state index in [4.69, 9.17) is 4.74 Å². The standard InChI is InChI=1S/C12H22O/c1-4-6-12-7-5-10(2)11(3,8-12)13-9-12/h10H,4-9H2,1-3H3. The Kier molecular flexibility index (Phi) is 2.18. The van der Waals surface area contributed by atoms with Gasteiger partial charge in [0.05, 0.1) is 12.2 Å². The first-order valence-corrected chi connectivity index (χ1v) is 5.74. The molecule has 2 bridgehead atoms. The molecule has 3 unspecified atom stereocenters. The molecule has 1 heterocycles. The SMILES string of the molecule is CCCC12CCC(C)C(C)(C1)OC2. The van der Waals surface area contributed by atoms with Crippen molar-refractivity contribution in [1.82, 2.24) is 0 Å². The van der Waals surface area contributed by atoms with E-state index in [1.807, 2.05) is 0 Å². The van der Waals surface area contributed by atoms with Crippen LogP contribution in [0.5, 0.6) is 0 Å². The number of rotatable bonds is 2. The molecule has 1 aliphatic carbocycles. The predicted molar refractivity (Wildman–Crippen MR) is 54.7 cm³/mol. The highest BCUT2D eigenvalue weighted by Gasteiger charge is 2.52. The van der Waals surface area contributed by atoms with Crippen LogP contribution < -0.4 is 0 Å². The van der Waals surface area contributed by atoms with Crippen molar-refractivity contribution in [3.05, 3.63) is 0 Å². The van der Waals surface area contributed by atoms with Crippen molar-refractivity contribution in [2.45, 2.75) is 58.5 Å². The molecule has 0 spiro atoms. The molecule has 0 N–H and O–H groups in total. The first kappa shape index (κ1) is 9.51. The fourth-order valence-electron chi connectivity index (χ4n) is 3.29. The Hall–Kier alpha value is -0.0400. The molecule has 0 aromatic carbocycles. The molecule has 1 aliphatic heterocycles. The summed E-state index contributed by atoms with van der Waals surface area (Å²) in [5, 5.41) is 0. The third kappa shape index (κ3) is 1.41. The maximum Gasteiger partial charge on any atom is 0.0686 e. The first-order chi connectivity index (χ1) is 6.10. The fraction of sp³-hybridized carbons (Fsp3) is 1.00. The third-order valence-electron chi connectivity index (χ3n) is 4.36. The minimum atomic E-state index is 0.216. The summed E-state index contributed by atoms with van der Waals surface area (Å²) in [5.74, 6) is 0.764. The van der Waals surface area contributed by atoms with E-state index in [-0.39, 0.29) is 5.60 Å². The molecule has 1 heteroatoms. The van der Waals surface area contributed by atoms with E-state index in [1.54, 1.807) is 0 Å². The van der Waals surface area contributed by atoms with Gasteiger partial charge in [-0.25, -0.2) is 0 Å². The maximum atomic E-state index is 6.03. The zero-order valence-electron chi connectivity index (χ0n) is 9.23. The molecule has 2 rings (SSSR count). The van der Waals surface area contributed by atoms with E-state index in [0.29, 0.717) is 5.41 Å². The molecule has 0 aromatic rings. The topological polar surface area (TPSA) is 9.23 Å². The van der Waals surface area contributed by atoms with Gasteiger partial charge >= 0.3 is 0 Å². The third-order valence-corrected chi connectivity index (χ3v) is 4.36. The van der Waals surface area contributed by atoms with Crippen molar-refractivity contribution in [1.29, 1.82) is 0 Å². The normalized spacial score (nSPS) is 49.6. The van der Waals surface area contributed by atoms with Crippen molar-refractivity contribution >= 4 is 0 Å². The van der Waals surface area contributed by atoms with Gasteiger partial charge in [0.15, 0.2) is 0 Å². The Bertz CT molecular complexity index is 197. The molecule has 13 heavy (non-hydrogen) atoms. The van der Waals surface area contributed by atoms with Gasteiger partial charge in [-0.3, -0.25) is 0 Å². The lowest BCUT2D eigenvalue weighted by atomic mass is 9.65. The van der Waals surface area contributed by atoms with Crippen LogP contribution in [-0.4, -0.2) is 12.2 Å². The largest absolute Gasteiger partial charge is 0.374 e. The van der Waals surface area contributed by atoms with Crippen LogP contribution in [0.4, 0.5) is 0 Å². The molecule has 2 aliphatic rings. The van der Waals surface area contributed by atoms with Crippen molar-refractivity contribution < 1.29 is 4.74 Å². The second kappa shape index (κ2) is 2.98. The zero-order valence-corrected chi connectivity index (χ0v) is 9.23. The molecular formula is C12H22O. The van der Waals surface area contributed by atoms with Crippen LogP contribution in [0.2, 0.25) is 0 Å². The van der Waals surface area contributed by atoms with E-state index in [1.165, 1.54) is 32.1 Å². The number of hydrogen-bond acceptors (Lipinski definition) is 1. The average Bonchev–Trinajstić information content (AvgIpc) is 2.37. The Labute approximate surface area is 81.9 Å². The molecule has 1 saturated heterocycles. The van der Waals surface area contributed by atoms with Crippen LogP contribution >= 0.6 is 0 Å². The highest BCUT2D eigenvalue weighted by molar-refractivity contribution is 5.01. The summed E-state index contributed by atoms with van der Waals surface area (Å²) in [6, 6.07) is 0. The van der Waals surface area contributed by atoms with Gasteiger partial charge in [0.1, 0.15) is 0 Å². The minimum absolute atomic E-state index is 0.216. The molecule has 76 valence electrons. The summed E-state index contributed by atoms with van der Waals surface area (Å²) in [6.45, 7) is 7.99. The lowest BCUT2D eigenvalue weighted by Crippen LogP contribution is -2.38. The summed E-state index contributed by atoms with van der Waals surface area (Å²) >= 11 is 0. The minimum Gasteiger partial charge on any atom is -0.374 e. The lowest BCUT2D eigenvalue weighted by Gasteiger charge is -2.39. The predicted octanol–water partition coefficient (Wildman–Crippen LogP) is 3.38. The fourth-order valence-corrected chi connectivity index (χ4v) is 3.29. The Morgan fingerprint density at radius 2 is 2.23 bits per heavy atom. The van der Waals surface area contributed by atoms with Gasteiger partial charge in [0.25, 0.3) is 0 Å². The van der Waals surface area contributed by atoms with Crippen LogP contribution in [0.25, 0.3) is 0 Å². The average molecular weight is 182 g/mol. The molecule has 1 saturated carbocycles. The van der Waals surface area contributed by atoms with Gasteiger partial charge in [-0.05, 0) is 43.9 Å². The molecule has 2 fully saturated rings. The maximum absolute atomic E-state index is 6.03. The molecule has 0 aromatic heterocycles. The first-order valence-electron chi connectivity index (χ1n) is 5.74. The summed E-state index contributed by atoms with van der Waals surface area (Å²) in [4.78, 5) is 0. The van der Waals surface area contributed by atoms with Crippen LogP contribution in [0, 0.1) is 11.3 Å². The van der Waals surface area contributed by atoms with E-state index in [9.17, 15) is 0 Å². The molecule has 0 amide bonds. The van der Waals surface area contributed by atoms with E-state index < -0.39 is 0 Å². The van der Waals surface area contributed by atoms with Gasteiger partial charge in [-0.2, -0.15) is 0 Å². The Balaban J connectivity index is 2.13. The second-order valence-corrected chi connectivity index (χ2v) is 5.47. The van der Waals surface area contributed by atoms with E-state index in [2.05, 4.69) is 20.8 Å². The number of fused-ring (bicyclic) bond motifs is 2. The summed E-state index contributed by atoms with van der Waals surface area (Å²) < 4.78 is 6.03. The van der Waals surface area contributed by atoms with Crippen molar-refractivity contribution in [2.24, 2.45) is 11.3 Å². The second-order valence-electron chi connectivity index (χ2n) is 5.47. The molecule has 1 nitrogen and oxygen atoms in total. The highest BCUT2D eigenvalue weighted by atomic mass is 16.5. The van der Waals surface area contributed by atoms with E-state index >= 15 is 0 Å². The van der Waals surface area contributed by atoms with Crippen molar-refractivity contribution in [3.63, 3.8) is 0 Å². The Morgan fingerprint density at radius 1 is 1.46 bits per heavy atom. The monoisotopic (exact) mass is 182 g/mol. The summed E-state index contributed by atoms with van der Waals surface area (Å²) in [5.41, 5.74) is 0.781. The number of ether oxygens (including phenoxy) is 1. The van der Waals surface area contributed by atoms with Gasteiger partial charge in [-0.1, -0.05) is 20.3 Å². The van der Waals surface area contributed by atoms with Gasteiger partial charge in [-0.15, -0.1) is 0 Å². The Morgan fingerprint density at radius 3 is 2.92 bits per heavy atom. The zero-order chi connectivity index (χ0) is 9.53. The van der Waals surface area contributed by atoms with Crippen LogP contribution in [0.3, 0.4) is 0 Å². The lowest BCUT2D eigenvalue weighted by molar-refractivity contribution is -0.0233. The van der Waals surface area contributed by atoms with Gasteiger partial charge in [0, 0.05) is 0 Å². The van der Waals surface area contributed by atoms with Crippen LogP contribution in [-0.2, 0) is 4.74 Å². The summed E-state index contributed by atoms with van der Waals surface area (Å²) in [6.07, 6.45) is 6.77. The van der Waals surface area contributed by atoms with Gasteiger partial charge < -0.3 is 4.74 Å². The molecule has 0 radical (unpaired) electrons. The van der Waals surface area contributed by atoms with Gasteiger partial charge in [0.2, 0.25) is 0 Å². The van der Waals surface area contributed by atoms with Crippen molar-refractivity contribution in [3.8, 4) is 0 Å². The van der Waals surface area contributed by atoms with Crippen LogP contribution in [0.1, 0.15) is 52.9 Å². The molecule has 3 atom stereocenters. The van der Waals surface area contributed by atoms with Crippen molar-refractivity contribution in [2.75, 3.05) is 6.61 Å². The molecular weight excluding hydrogens is 160 g/mol. The summed E-state index contributed by atoms with van der Waals surface area (Å²) in [7, 11) is 0. The number of hydrogen-bond donors (Lipinski definition) is 0.